The van der Waals surface area contributed by atoms with Gasteiger partial charge in [-0.2, -0.15) is 0 Å². The van der Waals surface area contributed by atoms with E-state index in [2.05, 4.69) is 17.4 Å². The van der Waals surface area contributed by atoms with Gasteiger partial charge in [0.25, 0.3) is 0 Å². The van der Waals surface area contributed by atoms with Crippen LogP contribution in [0.1, 0.15) is 39.5 Å². The van der Waals surface area contributed by atoms with E-state index in [1.165, 1.54) is 25.7 Å². The molecule has 4 rings (SSSR count). The van der Waals surface area contributed by atoms with Gasteiger partial charge in [-0.3, -0.25) is 0 Å². The first-order chi connectivity index (χ1) is 12.7. The molecule has 1 saturated carbocycles. The number of hydrogen-bond acceptors (Lipinski definition) is 4. The molecule has 0 spiro atoms. The van der Waals surface area contributed by atoms with Gasteiger partial charge in [-0.05, 0) is 63.1 Å². The molecule has 2 aromatic carbocycles. The SMILES string of the molecule is CC(C)Oc1ccc(-c2nc(NC3CCCC3)c3ccccc3n2)cc1. The number of ether oxygens (including phenoxy) is 1. The predicted molar refractivity (Wildman–Crippen MR) is 107 cm³/mol. The molecule has 0 atom stereocenters. The summed E-state index contributed by atoms with van der Waals surface area (Å²) in [5.74, 6) is 2.56. The molecule has 4 nitrogen and oxygen atoms in total. The predicted octanol–water partition coefficient (Wildman–Crippen LogP) is 5.44. The first-order valence-electron chi connectivity index (χ1n) is 9.49. The maximum atomic E-state index is 5.73. The summed E-state index contributed by atoms with van der Waals surface area (Å²) in [6.07, 6.45) is 5.19. The van der Waals surface area contributed by atoms with Gasteiger partial charge in [-0.1, -0.05) is 25.0 Å². The number of nitrogens with one attached hydrogen (secondary N) is 1. The summed E-state index contributed by atoms with van der Waals surface area (Å²) in [5.41, 5.74) is 1.97. The molecule has 1 aliphatic carbocycles. The quantitative estimate of drug-likeness (QED) is 0.668. The monoisotopic (exact) mass is 347 g/mol. The highest BCUT2D eigenvalue weighted by atomic mass is 16.5. The summed E-state index contributed by atoms with van der Waals surface area (Å²) in [5, 5.41) is 4.74. The van der Waals surface area contributed by atoms with Crippen LogP contribution in [0.5, 0.6) is 5.75 Å². The van der Waals surface area contributed by atoms with Gasteiger partial charge in [0.15, 0.2) is 5.82 Å². The molecule has 3 aromatic rings. The molecular weight excluding hydrogens is 322 g/mol. The number of anilines is 1. The molecule has 0 aliphatic heterocycles. The Morgan fingerprint density at radius 2 is 1.69 bits per heavy atom. The van der Waals surface area contributed by atoms with Crippen LogP contribution >= 0.6 is 0 Å². The van der Waals surface area contributed by atoms with E-state index >= 15 is 0 Å². The van der Waals surface area contributed by atoms with Crippen molar-refractivity contribution in [3.8, 4) is 17.1 Å². The van der Waals surface area contributed by atoms with Gasteiger partial charge in [-0.25, -0.2) is 9.97 Å². The Morgan fingerprint density at radius 3 is 2.42 bits per heavy atom. The Labute approximate surface area is 154 Å². The van der Waals surface area contributed by atoms with Gasteiger partial charge in [0, 0.05) is 17.0 Å². The summed E-state index contributed by atoms with van der Waals surface area (Å²) in [7, 11) is 0. The second-order valence-electron chi connectivity index (χ2n) is 7.23. The van der Waals surface area contributed by atoms with Crippen LogP contribution in [-0.4, -0.2) is 22.1 Å². The third kappa shape index (κ3) is 3.64. The standard InChI is InChI=1S/C22H25N3O/c1-15(2)26-18-13-11-16(12-14-18)21-24-20-10-6-5-9-19(20)22(25-21)23-17-7-3-4-8-17/h5-6,9-15,17H,3-4,7-8H2,1-2H3,(H,23,24,25). The number of para-hydroxylation sites is 1. The lowest BCUT2D eigenvalue weighted by Gasteiger charge is -2.16. The Morgan fingerprint density at radius 1 is 0.962 bits per heavy atom. The molecule has 26 heavy (non-hydrogen) atoms. The van der Waals surface area contributed by atoms with E-state index in [1.807, 2.05) is 50.2 Å². The van der Waals surface area contributed by atoms with Gasteiger partial charge < -0.3 is 10.1 Å². The highest BCUT2D eigenvalue weighted by Crippen LogP contribution is 2.29. The van der Waals surface area contributed by atoms with Crippen LogP contribution in [0.2, 0.25) is 0 Å². The van der Waals surface area contributed by atoms with Crippen LogP contribution in [0.3, 0.4) is 0 Å². The van der Waals surface area contributed by atoms with E-state index in [4.69, 9.17) is 14.7 Å². The van der Waals surface area contributed by atoms with Crippen LogP contribution in [0.4, 0.5) is 5.82 Å². The van der Waals surface area contributed by atoms with Gasteiger partial charge in [0.1, 0.15) is 11.6 Å². The minimum atomic E-state index is 0.167. The third-order valence-electron chi connectivity index (χ3n) is 4.78. The van der Waals surface area contributed by atoms with Crippen molar-refractivity contribution in [1.82, 2.24) is 9.97 Å². The first-order valence-corrected chi connectivity index (χ1v) is 9.49. The molecule has 0 bridgehead atoms. The molecule has 1 fully saturated rings. The summed E-state index contributed by atoms with van der Waals surface area (Å²) in [6, 6.07) is 16.8. The van der Waals surface area contributed by atoms with Gasteiger partial charge in [0.2, 0.25) is 0 Å². The van der Waals surface area contributed by atoms with Crippen LogP contribution < -0.4 is 10.1 Å². The van der Waals surface area contributed by atoms with Crippen molar-refractivity contribution in [3.63, 3.8) is 0 Å². The molecule has 0 amide bonds. The van der Waals surface area contributed by atoms with E-state index in [0.29, 0.717) is 6.04 Å². The molecule has 1 N–H and O–H groups in total. The van der Waals surface area contributed by atoms with Gasteiger partial charge in [0.05, 0.1) is 11.6 Å². The molecular formula is C22H25N3O. The van der Waals surface area contributed by atoms with Crippen molar-refractivity contribution in [1.29, 1.82) is 0 Å². The van der Waals surface area contributed by atoms with E-state index in [1.54, 1.807) is 0 Å². The van der Waals surface area contributed by atoms with E-state index in [0.717, 1.165) is 33.9 Å². The van der Waals surface area contributed by atoms with Crippen LogP contribution in [-0.2, 0) is 0 Å². The minimum absolute atomic E-state index is 0.167. The fraction of sp³-hybridized carbons (Fsp3) is 0.364. The highest BCUT2D eigenvalue weighted by Gasteiger charge is 2.17. The zero-order chi connectivity index (χ0) is 17.9. The third-order valence-corrected chi connectivity index (χ3v) is 4.78. The lowest BCUT2D eigenvalue weighted by molar-refractivity contribution is 0.242. The topological polar surface area (TPSA) is 47.0 Å². The second-order valence-corrected chi connectivity index (χ2v) is 7.23. The van der Waals surface area contributed by atoms with Gasteiger partial charge >= 0.3 is 0 Å². The maximum absolute atomic E-state index is 5.73. The number of hydrogen-bond donors (Lipinski definition) is 1. The van der Waals surface area contributed by atoms with Crippen LogP contribution in [0.25, 0.3) is 22.3 Å². The van der Waals surface area contributed by atoms with Crippen molar-refractivity contribution in [2.24, 2.45) is 0 Å². The Bertz CT molecular complexity index is 884. The van der Waals surface area contributed by atoms with Crippen molar-refractivity contribution in [2.75, 3.05) is 5.32 Å². The first kappa shape index (κ1) is 16.8. The molecule has 1 heterocycles. The molecule has 134 valence electrons. The van der Waals surface area contributed by atoms with E-state index in [9.17, 15) is 0 Å². The highest BCUT2D eigenvalue weighted by molar-refractivity contribution is 5.90. The summed E-state index contributed by atoms with van der Waals surface area (Å²) in [4.78, 5) is 9.64. The van der Waals surface area contributed by atoms with Crippen molar-refractivity contribution in [2.45, 2.75) is 51.7 Å². The lowest BCUT2D eigenvalue weighted by atomic mass is 10.1. The molecule has 0 radical (unpaired) electrons. The fourth-order valence-corrected chi connectivity index (χ4v) is 3.53. The normalized spacial score (nSPS) is 14.9. The molecule has 4 heteroatoms. The number of fused-ring (bicyclic) bond motifs is 1. The molecule has 0 unspecified atom stereocenters. The number of rotatable bonds is 5. The number of aromatic nitrogens is 2. The summed E-state index contributed by atoms with van der Waals surface area (Å²) < 4.78 is 5.73. The summed E-state index contributed by atoms with van der Waals surface area (Å²) in [6.45, 7) is 4.06. The average molecular weight is 347 g/mol. The minimum Gasteiger partial charge on any atom is -0.491 e. The fourth-order valence-electron chi connectivity index (χ4n) is 3.53. The maximum Gasteiger partial charge on any atom is 0.162 e. The Kier molecular flexibility index (Phi) is 4.74. The largest absolute Gasteiger partial charge is 0.491 e. The smallest absolute Gasteiger partial charge is 0.162 e. The number of benzene rings is 2. The lowest BCUT2D eigenvalue weighted by Crippen LogP contribution is -2.16. The second kappa shape index (κ2) is 7.32. The van der Waals surface area contributed by atoms with E-state index in [-0.39, 0.29) is 6.10 Å². The van der Waals surface area contributed by atoms with Gasteiger partial charge in [-0.15, -0.1) is 0 Å². The number of nitrogens with zero attached hydrogens (tertiary/aromatic N) is 2. The van der Waals surface area contributed by atoms with Crippen molar-refractivity contribution >= 4 is 16.7 Å². The molecule has 1 aliphatic rings. The Hall–Kier alpha value is -2.62. The van der Waals surface area contributed by atoms with Crippen molar-refractivity contribution in [3.05, 3.63) is 48.5 Å². The zero-order valence-electron chi connectivity index (χ0n) is 15.4. The summed E-state index contributed by atoms with van der Waals surface area (Å²) >= 11 is 0. The van der Waals surface area contributed by atoms with Crippen LogP contribution in [0.15, 0.2) is 48.5 Å². The average Bonchev–Trinajstić information content (AvgIpc) is 3.15. The van der Waals surface area contributed by atoms with E-state index < -0.39 is 0 Å². The molecule has 1 aromatic heterocycles. The Balaban J connectivity index is 1.70. The zero-order valence-corrected chi connectivity index (χ0v) is 15.4. The molecule has 0 saturated heterocycles. The van der Waals surface area contributed by atoms with Crippen LogP contribution in [0, 0.1) is 0 Å². The van der Waals surface area contributed by atoms with Crippen molar-refractivity contribution < 1.29 is 4.74 Å².